The normalized spacial score (nSPS) is 10.3. The lowest BCUT2D eigenvalue weighted by molar-refractivity contribution is 0.0693. The minimum Gasteiger partial charge on any atom is -0.478 e. The van der Waals surface area contributed by atoms with Gasteiger partial charge in [-0.15, -0.1) is 0 Å². The molecule has 0 unspecified atom stereocenters. The van der Waals surface area contributed by atoms with Crippen LogP contribution in [0.15, 0.2) is 52.3 Å². The number of hydrogen-bond acceptors (Lipinski definition) is 2. The van der Waals surface area contributed by atoms with Crippen molar-refractivity contribution in [2.75, 3.05) is 0 Å². The summed E-state index contributed by atoms with van der Waals surface area (Å²) in [6, 6.07) is 13.4. The Morgan fingerprint density at radius 1 is 1.06 bits per heavy atom. The van der Waals surface area contributed by atoms with Gasteiger partial charge >= 0.3 is 5.97 Å². The highest BCUT2D eigenvalue weighted by Crippen LogP contribution is 2.33. The topological polar surface area (TPSA) is 37.3 Å². The molecule has 1 N–H and O–H groups in total. The Bertz CT molecular complexity index is 574. The highest BCUT2D eigenvalue weighted by atomic mass is 32.2. The molecular formula is C15H14O2S. The van der Waals surface area contributed by atoms with Gasteiger partial charge in [-0.3, -0.25) is 0 Å². The largest absolute Gasteiger partial charge is 0.478 e. The Labute approximate surface area is 111 Å². The minimum absolute atomic E-state index is 0.362. The number of carboxylic acids is 1. The molecule has 0 aliphatic carbocycles. The molecule has 2 rings (SSSR count). The number of rotatable bonds is 3. The maximum Gasteiger partial charge on any atom is 0.336 e. The lowest BCUT2D eigenvalue weighted by atomic mass is 10.1. The zero-order valence-corrected chi connectivity index (χ0v) is 11.1. The van der Waals surface area contributed by atoms with Crippen molar-refractivity contribution in [2.45, 2.75) is 23.6 Å². The Hall–Kier alpha value is -1.74. The number of carboxylic acid groups (broad SMARTS) is 1. The molecule has 0 atom stereocenters. The van der Waals surface area contributed by atoms with Crippen LogP contribution in [0.4, 0.5) is 0 Å². The molecule has 92 valence electrons. The quantitative estimate of drug-likeness (QED) is 0.898. The second-order valence-electron chi connectivity index (χ2n) is 4.17. The third kappa shape index (κ3) is 2.74. The van der Waals surface area contributed by atoms with Gasteiger partial charge in [0.25, 0.3) is 0 Å². The maximum atomic E-state index is 11.2. The van der Waals surface area contributed by atoms with Crippen LogP contribution in [0, 0.1) is 13.8 Å². The lowest BCUT2D eigenvalue weighted by Crippen LogP contribution is -2.00. The third-order valence-corrected chi connectivity index (χ3v) is 3.94. The Balaban J connectivity index is 2.39. The average molecular weight is 258 g/mol. The van der Waals surface area contributed by atoms with Crippen molar-refractivity contribution in [3.05, 3.63) is 59.2 Å². The van der Waals surface area contributed by atoms with Gasteiger partial charge in [-0.1, -0.05) is 41.6 Å². The van der Waals surface area contributed by atoms with Crippen LogP contribution in [0.25, 0.3) is 0 Å². The van der Waals surface area contributed by atoms with Crippen molar-refractivity contribution in [2.24, 2.45) is 0 Å². The van der Waals surface area contributed by atoms with Crippen LogP contribution in [0.5, 0.6) is 0 Å². The van der Waals surface area contributed by atoms with Gasteiger partial charge in [0, 0.05) is 9.79 Å². The monoisotopic (exact) mass is 258 g/mol. The lowest BCUT2D eigenvalue weighted by Gasteiger charge is -2.09. The van der Waals surface area contributed by atoms with E-state index in [0.29, 0.717) is 5.56 Å². The summed E-state index contributed by atoms with van der Waals surface area (Å²) < 4.78 is 0. The fraction of sp³-hybridized carbons (Fsp3) is 0.133. The van der Waals surface area contributed by atoms with Crippen LogP contribution in [-0.2, 0) is 0 Å². The molecular weight excluding hydrogens is 244 g/mol. The van der Waals surface area contributed by atoms with E-state index in [1.807, 2.05) is 44.2 Å². The van der Waals surface area contributed by atoms with E-state index in [4.69, 9.17) is 0 Å². The van der Waals surface area contributed by atoms with E-state index in [9.17, 15) is 9.90 Å². The summed E-state index contributed by atoms with van der Waals surface area (Å²) in [4.78, 5) is 13.1. The van der Waals surface area contributed by atoms with E-state index in [1.165, 1.54) is 17.3 Å². The van der Waals surface area contributed by atoms with Crippen molar-refractivity contribution < 1.29 is 9.90 Å². The van der Waals surface area contributed by atoms with Crippen LogP contribution in [-0.4, -0.2) is 11.1 Å². The molecule has 0 amide bonds. The van der Waals surface area contributed by atoms with Gasteiger partial charge in [-0.25, -0.2) is 4.79 Å². The summed E-state index contributed by atoms with van der Waals surface area (Å²) in [5, 5.41) is 9.20. The summed E-state index contributed by atoms with van der Waals surface area (Å²) in [7, 11) is 0. The van der Waals surface area contributed by atoms with Gasteiger partial charge in [0.05, 0.1) is 5.56 Å². The predicted molar refractivity (Wildman–Crippen MR) is 73.4 cm³/mol. The van der Waals surface area contributed by atoms with E-state index in [2.05, 4.69) is 0 Å². The molecule has 0 fully saturated rings. The van der Waals surface area contributed by atoms with Gasteiger partial charge in [0.15, 0.2) is 0 Å². The highest BCUT2D eigenvalue weighted by molar-refractivity contribution is 7.99. The van der Waals surface area contributed by atoms with Crippen molar-refractivity contribution in [1.29, 1.82) is 0 Å². The summed E-state index contributed by atoms with van der Waals surface area (Å²) in [6.45, 7) is 3.97. The van der Waals surface area contributed by atoms with E-state index < -0.39 is 5.97 Å². The van der Waals surface area contributed by atoms with E-state index >= 15 is 0 Å². The van der Waals surface area contributed by atoms with Gasteiger partial charge in [-0.05, 0) is 37.6 Å². The summed E-state index contributed by atoms with van der Waals surface area (Å²) in [6.07, 6.45) is 0. The maximum absolute atomic E-state index is 11.2. The number of benzene rings is 2. The molecule has 0 aliphatic heterocycles. The fourth-order valence-electron chi connectivity index (χ4n) is 1.68. The van der Waals surface area contributed by atoms with E-state index in [0.717, 1.165) is 15.4 Å². The van der Waals surface area contributed by atoms with E-state index in [-0.39, 0.29) is 0 Å². The number of aryl methyl sites for hydroxylation is 2. The number of hydrogen-bond donors (Lipinski definition) is 1. The SMILES string of the molecule is Cc1ccc(Sc2c(C)cccc2C(=O)O)cc1. The van der Waals surface area contributed by atoms with Gasteiger partial charge < -0.3 is 5.11 Å². The minimum atomic E-state index is -0.881. The van der Waals surface area contributed by atoms with Crippen molar-refractivity contribution >= 4 is 17.7 Å². The number of carbonyl (C=O) groups is 1. The molecule has 2 aromatic rings. The Morgan fingerprint density at radius 3 is 2.33 bits per heavy atom. The van der Waals surface area contributed by atoms with Gasteiger partial charge in [0.2, 0.25) is 0 Å². The van der Waals surface area contributed by atoms with E-state index in [1.54, 1.807) is 12.1 Å². The molecule has 0 bridgehead atoms. The second kappa shape index (κ2) is 5.27. The number of aromatic carboxylic acids is 1. The Morgan fingerprint density at radius 2 is 1.72 bits per heavy atom. The van der Waals surface area contributed by atoms with Crippen LogP contribution in [0.2, 0.25) is 0 Å². The van der Waals surface area contributed by atoms with Crippen molar-refractivity contribution in [1.82, 2.24) is 0 Å². The molecule has 0 saturated heterocycles. The molecule has 0 radical (unpaired) electrons. The molecule has 0 aliphatic rings. The molecule has 0 saturated carbocycles. The van der Waals surface area contributed by atoms with Crippen LogP contribution in [0.1, 0.15) is 21.5 Å². The molecule has 0 aromatic heterocycles. The molecule has 2 aromatic carbocycles. The van der Waals surface area contributed by atoms with Crippen LogP contribution in [0.3, 0.4) is 0 Å². The first-order valence-electron chi connectivity index (χ1n) is 5.65. The fourth-order valence-corrected chi connectivity index (χ4v) is 2.68. The first-order chi connectivity index (χ1) is 8.58. The smallest absolute Gasteiger partial charge is 0.336 e. The molecule has 3 heteroatoms. The van der Waals surface area contributed by atoms with Gasteiger partial charge in [-0.2, -0.15) is 0 Å². The zero-order valence-electron chi connectivity index (χ0n) is 10.3. The molecule has 0 spiro atoms. The van der Waals surface area contributed by atoms with Crippen molar-refractivity contribution in [3.63, 3.8) is 0 Å². The summed E-state index contributed by atoms with van der Waals surface area (Å²) >= 11 is 1.50. The van der Waals surface area contributed by atoms with Crippen molar-refractivity contribution in [3.8, 4) is 0 Å². The second-order valence-corrected chi connectivity index (χ2v) is 5.26. The Kier molecular flexibility index (Phi) is 3.72. The summed E-state index contributed by atoms with van der Waals surface area (Å²) in [5.41, 5.74) is 2.55. The highest BCUT2D eigenvalue weighted by Gasteiger charge is 2.12. The first-order valence-corrected chi connectivity index (χ1v) is 6.47. The first kappa shape index (κ1) is 12.7. The van der Waals surface area contributed by atoms with Crippen LogP contribution >= 0.6 is 11.8 Å². The predicted octanol–water partition coefficient (Wildman–Crippen LogP) is 4.15. The summed E-state index contributed by atoms with van der Waals surface area (Å²) in [5.74, 6) is -0.881. The standard InChI is InChI=1S/C15H14O2S/c1-10-6-8-12(9-7-10)18-14-11(2)4-3-5-13(14)15(16)17/h3-9H,1-2H3,(H,16,17). The molecule has 0 heterocycles. The molecule has 2 nitrogen and oxygen atoms in total. The zero-order chi connectivity index (χ0) is 13.1. The van der Waals surface area contributed by atoms with Crippen LogP contribution < -0.4 is 0 Å². The van der Waals surface area contributed by atoms with Gasteiger partial charge in [0.1, 0.15) is 0 Å². The third-order valence-electron chi connectivity index (χ3n) is 2.68. The average Bonchev–Trinajstić information content (AvgIpc) is 2.34. The molecule has 18 heavy (non-hydrogen) atoms.